The predicted molar refractivity (Wildman–Crippen MR) is 220 cm³/mol. The summed E-state index contributed by atoms with van der Waals surface area (Å²) in [6.07, 6.45) is 43.7. The molecule has 310 valence electrons. The van der Waals surface area contributed by atoms with Crippen LogP contribution >= 0.6 is 7.82 Å². The van der Waals surface area contributed by atoms with Gasteiger partial charge in [0.05, 0.1) is 19.8 Å². The molecule has 0 aromatic heterocycles. The molecule has 9 heteroatoms. The van der Waals surface area contributed by atoms with Crippen LogP contribution in [0.3, 0.4) is 0 Å². The summed E-state index contributed by atoms with van der Waals surface area (Å²) in [6, 6.07) is 0. The highest BCUT2D eigenvalue weighted by atomic mass is 31.2. The SMILES string of the molecule is CCCCCCCCC/C=C\CCCCCCCCCC(=O)OC(COCCCCCCCCCCCCCCCCC)COP(=O)(O)OCCN. The molecule has 0 radical (unpaired) electrons. The van der Waals surface area contributed by atoms with Gasteiger partial charge in [0, 0.05) is 19.6 Å². The van der Waals surface area contributed by atoms with E-state index in [-0.39, 0.29) is 32.3 Å². The van der Waals surface area contributed by atoms with Gasteiger partial charge >= 0.3 is 13.8 Å². The fraction of sp³-hybridized carbons (Fsp3) is 0.930. The average molecular weight is 760 g/mol. The van der Waals surface area contributed by atoms with Gasteiger partial charge in [0.15, 0.2) is 0 Å². The third-order valence-corrected chi connectivity index (χ3v) is 10.7. The van der Waals surface area contributed by atoms with Crippen LogP contribution in [0.15, 0.2) is 12.2 Å². The van der Waals surface area contributed by atoms with Crippen LogP contribution < -0.4 is 5.73 Å². The lowest BCUT2D eigenvalue weighted by atomic mass is 10.0. The third kappa shape index (κ3) is 40.4. The number of hydrogen-bond acceptors (Lipinski definition) is 7. The number of nitrogens with two attached hydrogens (primary N) is 1. The van der Waals surface area contributed by atoms with Crippen molar-refractivity contribution in [3.05, 3.63) is 12.2 Å². The molecule has 8 nitrogen and oxygen atoms in total. The fourth-order valence-electron chi connectivity index (χ4n) is 6.40. The van der Waals surface area contributed by atoms with Gasteiger partial charge in [-0.05, 0) is 38.5 Å². The van der Waals surface area contributed by atoms with E-state index in [4.69, 9.17) is 24.3 Å². The Hall–Kier alpha value is -0.760. The van der Waals surface area contributed by atoms with Gasteiger partial charge in [0.25, 0.3) is 0 Å². The second kappa shape index (κ2) is 41.4. The Morgan fingerprint density at radius 2 is 0.962 bits per heavy atom. The minimum absolute atomic E-state index is 0.0929. The van der Waals surface area contributed by atoms with E-state index in [0.717, 1.165) is 32.1 Å². The van der Waals surface area contributed by atoms with Gasteiger partial charge in [-0.2, -0.15) is 0 Å². The van der Waals surface area contributed by atoms with Gasteiger partial charge in [-0.25, -0.2) is 4.57 Å². The monoisotopic (exact) mass is 760 g/mol. The van der Waals surface area contributed by atoms with E-state index >= 15 is 0 Å². The Morgan fingerprint density at radius 1 is 0.558 bits per heavy atom. The molecule has 0 aliphatic rings. The third-order valence-electron chi connectivity index (χ3n) is 9.68. The second-order valence-electron chi connectivity index (χ2n) is 14.9. The van der Waals surface area contributed by atoms with Crippen LogP contribution in [0.4, 0.5) is 0 Å². The Labute approximate surface area is 322 Å². The van der Waals surface area contributed by atoms with Crippen molar-refractivity contribution in [2.75, 3.05) is 33.0 Å². The smallest absolute Gasteiger partial charge is 0.457 e. The topological polar surface area (TPSA) is 117 Å². The predicted octanol–water partition coefficient (Wildman–Crippen LogP) is 13.1. The minimum atomic E-state index is -4.27. The Balaban J connectivity index is 3.99. The second-order valence-corrected chi connectivity index (χ2v) is 16.4. The summed E-state index contributed by atoms with van der Waals surface area (Å²) in [4.78, 5) is 22.5. The molecule has 0 bridgehead atoms. The van der Waals surface area contributed by atoms with Crippen LogP contribution in [0.5, 0.6) is 0 Å². The number of carbonyl (C=O) groups excluding carboxylic acids is 1. The number of allylic oxidation sites excluding steroid dienone is 2. The van der Waals surface area contributed by atoms with E-state index in [1.54, 1.807) is 0 Å². The van der Waals surface area contributed by atoms with E-state index in [9.17, 15) is 14.3 Å². The minimum Gasteiger partial charge on any atom is -0.457 e. The van der Waals surface area contributed by atoms with Crippen molar-refractivity contribution < 1.29 is 32.8 Å². The highest BCUT2D eigenvalue weighted by Crippen LogP contribution is 2.43. The number of unbranched alkanes of at least 4 members (excludes halogenated alkanes) is 28. The van der Waals surface area contributed by atoms with Gasteiger partial charge in [0.2, 0.25) is 0 Å². The van der Waals surface area contributed by atoms with E-state index in [2.05, 4.69) is 26.0 Å². The van der Waals surface area contributed by atoms with Gasteiger partial charge < -0.3 is 20.1 Å². The molecule has 0 amide bonds. The molecule has 0 aromatic carbocycles. The largest absolute Gasteiger partial charge is 0.472 e. The summed E-state index contributed by atoms with van der Waals surface area (Å²) in [5, 5.41) is 0. The molecule has 0 aromatic rings. The van der Waals surface area contributed by atoms with Crippen LogP contribution in [-0.2, 0) is 27.9 Å². The lowest BCUT2D eigenvalue weighted by molar-refractivity contribution is -0.154. The average Bonchev–Trinajstić information content (AvgIpc) is 3.13. The van der Waals surface area contributed by atoms with Crippen molar-refractivity contribution in [1.29, 1.82) is 0 Å². The summed E-state index contributed by atoms with van der Waals surface area (Å²) in [7, 11) is -4.27. The van der Waals surface area contributed by atoms with E-state index < -0.39 is 13.9 Å². The van der Waals surface area contributed by atoms with Crippen LogP contribution in [0, 0.1) is 0 Å². The molecule has 0 aliphatic carbocycles. The van der Waals surface area contributed by atoms with Crippen molar-refractivity contribution >= 4 is 13.8 Å². The summed E-state index contributed by atoms with van der Waals surface area (Å²) >= 11 is 0. The van der Waals surface area contributed by atoms with Crippen molar-refractivity contribution in [3.63, 3.8) is 0 Å². The number of phosphoric acid groups is 1. The first-order valence-corrected chi connectivity index (χ1v) is 23.7. The zero-order valence-electron chi connectivity index (χ0n) is 34.3. The molecular weight excluding hydrogens is 673 g/mol. The first-order chi connectivity index (χ1) is 25.4. The molecule has 52 heavy (non-hydrogen) atoms. The van der Waals surface area contributed by atoms with Crippen molar-refractivity contribution in [3.8, 4) is 0 Å². The number of esters is 1. The number of rotatable bonds is 43. The van der Waals surface area contributed by atoms with Gasteiger partial charge in [-0.1, -0.05) is 187 Å². The molecule has 2 atom stereocenters. The molecular formula is C43H86NO7P. The molecule has 0 heterocycles. The zero-order valence-corrected chi connectivity index (χ0v) is 35.2. The highest BCUT2D eigenvalue weighted by Gasteiger charge is 2.25. The number of hydrogen-bond donors (Lipinski definition) is 2. The van der Waals surface area contributed by atoms with Gasteiger partial charge in [-0.15, -0.1) is 0 Å². The maximum absolute atomic E-state index is 12.6. The first kappa shape index (κ1) is 51.2. The Bertz CT molecular complexity index is 812. The van der Waals surface area contributed by atoms with E-state index in [0.29, 0.717) is 13.0 Å². The highest BCUT2D eigenvalue weighted by molar-refractivity contribution is 7.47. The summed E-state index contributed by atoms with van der Waals surface area (Å²) in [5.74, 6) is -0.330. The van der Waals surface area contributed by atoms with Crippen LogP contribution in [0.25, 0.3) is 0 Å². The van der Waals surface area contributed by atoms with Gasteiger partial charge in [-0.3, -0.25) is 13.8 Å². The number of carbonyl (C=O) groups is 1. The summed E-state index contributed by atoms with van der Waals surface area (Å²) in [5.41, 5.74) is 5.37. The maximum Gasteiger partial charge on any atom is 0.472 e. The summed E-state index contributed by atoms with van der Waals surface area (Å²) < 4.78 is 33.4. The fourth-order valence-corrected chi connectivity index (χ4v) is 7.17. The molecule has 0 saturated carbocycles. The van der Waals surface area contributed by atoms with Crippen molar-refractivity contribution in [2.45, 2.75) is 225 Å². The van der Waals surface area contributed by atoms with Crippen molar-refractivity contribution in [2.24, 2.45) is 5.73 Å². The number of phosphoric ester groups is 1. The van der Waals surface area contributed by atoms with Crippen LogP contribution in [0.2, 0.25) is 0 Å². The maximum atomic E-state index is 12.6. The van der Waals surface area contributed by atoms with Gasteiger partial charge in [0.1, 0.15) is 6.10 Å². The standard InChI is InChI=1S/C43H86NO7P/c1-3-5-7-9-11-13-15-17-19-20-21-22-24-26-28-30-32-34-36-43(45)51-42(41-50-52(46,47)49-39-37-44)40-48-38-35-33-31-29-27-25-23-18-16-14-12-10-8-6-4-2/h19-20,42H,3-18,21-41,44H2,1-2H3,(H,46,47)/b20-19-. The molecule has 0 spiro atoms. The summed E-state index contributed by atoms with van der Waals surface area (Å²) in [6.45, 7) is 4.96. The molecule has 0 rings (SSSR count). The molecule has 2 unspecified atom stereocenters. The lowest BCUT2D eigenvalue weighted by Crippen LogP contribution is -2.28. The van der Waals surface area contributed by atoms with E-state index in [1.807, 2.05) is 0 Å². The molecule has 0 saturated heterocycles. The van der Waals surface area contributed by atoms with E-state index in [1.165, 1.54) is 167 Å². The molecule has 0 aliphatic heterocycles. The van der Waals surface area contributed by atoms with Crippen molar-refractivity contribution in [1.82, 2.24) is 0 Å². The molecule has 3 N–H and O–H groups in total. The quantitative estimate of drug-likeness (QED) is 0.0273. The Morgan fingerprint density at radius 3 is 1.40 bits per heavy atom. The first-order valence-electron chi connectivity index (χ1n) is 22.2. The number of ether oxygens (including phenoxy) is 2. The lowest BCUT2D eigenvalue weighted by Gasteiger charge is -2.20. The molecule has 0 fully saturated rings. The van der Waals surface area contributed by atoms with Crippen LogP contribution in [0.1, 0.15) is 219 Å². The Kier molecular flexibility index (Phi) is 40.8. The van der Waals surface area contributed by atoms with Crippen LogP contribution in [-0.4, -0.2) is 49.9 Å². The zero-order chi connectivity index (χ0) is 38.1. The normalized spacial score (nSPS) is 13.5.